The molecule has 0 bridgehead atoms. The molecule has 0 atom stereocenters. The summed E-state index contributed by atoms with van der Waals surface area (Å²) in [5.74, 6) is 1.37. The lowest BCUT2D eigenvalue weighted by molar-refractivity contribution is -0.133. The molecule has 0 aliphatic carbocycles. The van der Waals surface area contributed by atoms with Gasteiger partial charge in [-0.05, 0) is 19.1 Å². The largest absolute Gasteiger partial charge is 0.490 e. The fraction of sp³-hybridized carbons (Fsp3) is 0.417. The monoisotopic (exact) mass is 256 g/mol. The number of rotatable bonds is 8. The zero-order valence-electron chi connectivity index (χ0n) is 9.72. The van der Waals surface area contributed by atoms with Crippen LogP contribution in [0, 0.1) is 0 Å². The molecule has 1 aromatic carbocycles. The highest BCUT2D eigenvalue weighted by Crippen LogP contribution is 2.26. The Labute approximate surface area is 105 Å². The number of hydrogen-bond acceptors (Lipinski definition) is 4. The van der Waals surface area contributed by atoms with Crippen LogP contribution in [0.25, 0.3) is 0 Å². The molecule has 17 heavy (non-hydrogen) atoms. The molecular formula is C12H16O4S. The molecule has 1 aromatic rings. The number of carbonyl (C=O) groups is 1. The van der Waals surface area contributed by atoms with E-state index >= 15 is 0 Å². The van der Waals surface area contributed by atoms with Crippen molar-refractivity contribution in [3.8, 4) is 11.5 Å². The summed E-state index contributed by atoms with van der Waals surface area (Å²) >= 11 is 1.33. The standard InChI is InChI=1S/C12H16O4S/c1-2-15-10-5-3-4-6-11(10)16-7-8-17-9-12(13)14/h3-6H,2,7-9H2,1H3,(H,13,14). The molecule has 0 heterocycles. The number of hydrogen-bond donors (Lipinski definition) is 1. The first-order valence-electron chi connectivity index (χ1n) is 5.38. The molecule has 0 unspecified atom stereocenters. The Morgan fingerprint density at radius 2 is 1.94 bits per heavy atom. The SMILES string of the molecule is CCOc1ccccc1OCCSCC(=O)O. The molecule has 0 aliphatic heterocycles. The molecule has 1 N–H and O–H groups in total. The van der Waals surface area contributed by atoms with Crippen molar-refractivity contribution in [1.82, 2.24) is 0 Å². The van der Waals surface area contributed by atoms with Crippen molar-refractivity contribution in [3.63, 3.8) is 0 Å². The third-order valence-electron chi connectivity index (χ3n) is 1.86. The number of para-hydroxylation sites is 2. The highest BCUT2D eigenvalue weighted by molar-refractivity contribution is 7.99. The number of carboxylic acid groups (broad SMARTS) is 1. The van der Waals surface area contributed by atoms with Gasteiger partial charge < -0.3 is 14.6 Å². The van der Waals surface area contributed by atoms with Gasteiger partial charge in [-0.3, -0.25) is 4.79 Å². The molecule has 4 nitrogen and oxygen atoms in total. The Balaban J connectivity index is 2.33. The van der Waals surface area contributed by atoms with Crippen LogP contribution in [0.4, 0.5) is 0 Å². The molecule has 0 spiro atoms. The second-order valence-corrected chi connectivity index (χ2v) is 4.28. The summed E-state index contributed by atoms with van der Waals surface area (Å²) in [5, 5.41) is 8.46. The van der Waals surface area contributed by atoms with Gasteiger partial charge in [0, 0.05) is 5.75 Å². The summed E-state index contributed by atoms with van der Waals surface area (Å²) in [5.41, 5.74) is 0. The van der Waals surface area contributed by atoms with E-state index in [9.17, 15) is 4.79 Å². The first-order chi connectivity index (χ1) is 8.24. The molecule has 5 heteroatoms. The molecule has 0 amide bonds. The Kier molecular flexibility index (Phi) is 6.32. The molecular weight excluding hydrogens is 240 g/mol. The van der Waals surface area contributed by atoms with Crippen LogP contribution in [0.2, 0.25) is 0 Å². The number of thioether (sulfide) groups is 1. The van der Waals surface area contributed by atoms with Gasteiger partial charge in [0.1, 0.15) is 0 Å². The Morgan fingerprint density at radius 1 is 1.29 bits per heavy atom. The van der Waals surface area contributed by atoms with Crippen molar-refractivity contribution < 1.29 is 19.4 Å². The normalized spacial score (nSPS) is 9.94. The van der Waals surface area contributed by atoms with E-state index in [1.807, 2.05) is 31.2 Å². The van der Waals surface area contributed by atoms with Gasteiger partial charge in [0.15, 0.2) is 11.5 Å². The van der Waals surface area contributed by atoms with Crippen molar-refractivity contribution >= 4 is 17.7 Å². The maximum atomic E-state index is 10.3. The predicted octanol–water partition coefficient (Wildman–Crippen LogP) is 2.28. The molecule has 0 aliphatic rings. The molecule has 1 rings (SSSR count). The Hall–Kier alpha value is -1.36. The van der Waals surface area contributed by atoms with Crippen LogP contribution >= 0.6 is 11.8 Å². The molecule has 0 saturated carbocycles. The van der Waals surface area contributed by atoms with E-state index in [0.29, 0.717) is 24.7 Å². The lowest BCUT2D eigenvalue weighted by Crippen LogP contribution is -2.05. The predicted molar refractivity (Wildman–Crippen MR) is 68.1 cm³/mol. The van der Waals surface area contributed by atoms with Crippen LogP contribution < -0.4 is 9.47 Å². The molecule has 0 saturated heterocycles. The smallest absolute Gasteiger partial charge is 0.313 e. The fourth-order valence-electron chi connectivity index (χ4n) is 1.21. The van der Waals surface area contributed by atoms with Crippen molar-refractivity contribution in [2.45, 2.75) is 6.92 Å². The minimum absolute atomic E-state index is 0.108. The van der Waals surface area contributed by atoms with Gasteiger partial charge in [-0.15, -0.1) is 11.8 Å². The minimum Gasteiger partial charge on any atom is -0.490 e. The van der Waals surface area contributed by atoms with Crippen molar-refractivity contribution in [2.24, 2.45) is 0 Å². The van der Waals surface area contributed by atoms with Gasteiger partial charge >= 0.3 is 5.97 Å². The first-order valence-corrected chi connectivity index (χ1v) is 6.53. The number of ether oxygens (including phenoxy) is 2. The fourth-order valence-corrected chi connectivity index (χ4v) is 1.73. The van der Waals surface area contributed by atoms with Crippen LogP contribution in [-0.4, -0.2) is 35.8 Å². The van der Waals surface area contributed by atoms with Crippen molar-refractivity contribution in [2.75, 3.05) is 24.7 Å². The van der Waals surface area contributed by atoms with Gasteiger partial charge in [-0.1, -0.05) is 12.1 Å². The highest BCUT2D eigenvalue weighted by atomic mass is 32.2. The van der Waals surface area contributed by atoms with Gasteiger partial charge in [-0.25, -0.2) is 0 Å². The van der Waals surface area contributed by atoms with Crippen LogP contribution in [0.1, 0.15) is 6.92 Å². The summed E-state index contributed by atoms with van der Waals surface area (Å²) in [7, 11) is 0. The van der Waals surface area contributed by atoms with E-state index in [2.05, 4.69) is 0 Å². The van der Waals surface area contributed by atoms with E-state index in [1.54, 1.807) is 0 Å². The number of aliphatic carboxylic acids is 1. The van der Waals surface area contributed by atoms with E-state index < -0.39 is 5.97 Å². The van der Waals surface area contributed by atoms with Crippen LogP contribution in [0.15, 0.2) is 24.3 Å². The van der Waals surface area contributed by atoms with Gasteiger partial charge in [-0.2, -0.15) is 0 Å². The molecule has 94 valence electrons. The summed E-state index contributed by atoms with van der Waals surface area (Å²) < 4.78 is 10.9. The van der Waals surface area contributed by atoms with Crippen LogP contribution in [-0.2, 0) is 4.79 Å². The lowest BCUT2D eigenvalue weighted by Gasteiger charge is -2.10. The molecule has 0 aromatic heterocycles. The number of benzene rings is 1. The van der Waals surface area contributed by atoms with E-state index in [-0.39, 0.29) is 5.75 Å². The van der Waals surface area contributed by atoms with Gasteiger partial charge in [0.05, 0.1) is 19.0 Å². The second kappa shape index (κ2) is 7.84. The highest BCUT2D eigenvalue weighted by Gasteiger charge is 2.03. The minimum atomic E-state index is -0.801. The number of carboxylic acids is 1. The van der Waals surface area contributed by atoms with E-state index in [0.717, 1.165) is 5.75 Å². The molecule has 0 radical (unpaired) electrons. The molecule has 0 fully saturated rings. The lowest BCUT2D eigenvalue weighted by atomic mass is 10.3. The first kappa shape index (κ1) is 13.7. The maximum Gasteiger partial charge on any atom is 0.313 e. The Bertz CT molecular complexity index is 354. The van der Waals surface area contributed by atoms with Crippen LogP contribution in [0.3, 0.4) is 0 Å². The van der Waals surface area contributed by atoms with Gasteiger partial charge in [0.2, 0.25) is 0 Å². The van der Waals surface area contributed by atoms with Crippen molar-refractivity contribution in [3.05, 3.63) is 24.3 Å². The zero-order chi connectivity index (χ0) is 12.5. The third-order valence-corrected chi connectivity index (χ3v) is 2.77. The topological polar surface area (TPSA) is 55.8 Å². The second-order valence-electron chi connectivity index (χ2n) is 3.17. The summed E-state index contributed by atoms with van der Waals surface area (Å²) in [6.07, 6.45) is 0. The average molecular weight is 256 g/mol. The zero-order valence-corrected chi connectivity index (χ0v) is 10.5. The van der Waals surface area contributed by atoms with Crippen molar-refractivity contribution in [1.29, 1.82) is 0 Å². The van der Waals surface area contributed by atoms with E-state index in [4.69, 9.17) is 14.6 Å². The van der Waals surface area contributed by atoms with Gasteiger partial charge in [0.25, 0.3) is 0 Å². The van der Waals surface area contributed by atoms with E-state index in [1.165, 1.54) is 11.8 Å². The summed E-state index contributed by atoms with van der Waals surface area (Å²) in [6.45, 7) is 2.98. The summed E-state index contributed by atoms with van der Waals surface area (Å²) in [6, 6.07) is 7.45. The average Bonchev–Trinajstić information content (AvgIpc) is 2.31. The summed E-state index contributed by atoms with van der Waals surface area (Å²) in [4.78, 5) is 10.3. The van der Waals surface area contributed by atoms with Crippen LogP contribution in [0.5, 0.6) is 11.5 Å². The third kappa shape index (κ3) is 5.49. The maximum absolute atomic E-state index is 10.3. The Morgan fingerprint density at radius 3 is 2.53 bits per heavy atom. The quantitative estimate of drug-likeness (QED) is 0.723.